The average molecular weight is 515 g/mol. The van der Waals surface area contributed by atoms with Crippen LogP contribution in [-0.2, 0) is 22.3 Å². The number of aromatic nitrogens is 2. The van der Waals surface area contributed by atoms with E-state index in [1.165, 1.54) is 22.7 Å². The number of rotatable bonds is 3. The smallest absolute Gasteiger partial charge is 0.263 e. The van der Waals surface area contributed by atoms with E-state index in [1.54, 1.807) is 0 Å². The summed E-state index contributed by atoms with van der Waals surface area (Å²) in [5.74, 6) is -0.00284. The van der Waals surface area contributed by atoms with Crippen molar-refractivity contribution in [3.05, 3.63) is 33.3 Å². The third-order valence-corrected chi connectivity index (χ3v) is 9.24. The Bertz CT molecular complexity index is 1320. The molecule has 2 saturated heterocycles. The van der Waals surface area contributed by atoms with Crippen LogP contribution in [-0.4, -0.2) is 59.0 Å². The number of amides is 1. The summed E-state index contributed by atoms with van der Waals surface area (Å²) in [6.07, 6.45) is 2.38. The normalized spacial score (nSPS) is 27.6. The van der Waals surface area contributed by atoms with Crippen molar-refractivity contribution in [2.24, 2.45) is 5.73 Å². The molecule has 0 bridgehead atoms. The van der Waals surface area contributed by atoms with Gasteiger partial charge in [0.25, 0.3) is 5.91 Å². The van der Waals surface area contributed by atoms with E-state index in [-0.39, 0.29) is 23.6 Å². The Morgan fingerprint density at radius 3 is 2.86 bits per heavy atom. The number of pyridine rings is 1. The molecule has 5 heterocycles. The highest BCUT2D eigenvalue weighted by Crippen LogP contribution is 2.39. The van der Waals surface area contributed by atoms with Crippen molar-refractivity contribution in [2.45, 2.75) is 63.5 Å². The highest BCUT2D eigenvalue weighted by molar-refractivity contribution is 7.29. The largest absolute Gasteiger partial charge is 0.396 e. The summed E-state index contributed by atoms with van der Waals surface area (Å²) in [7, 11) is 0. The second-order valence-electron chi connectivity index (χ2n) is 10.3. The summed E-state index contributed by atoms with van der Waals surface area (Å²) in [5.41, 5.74) is 15.1. The zero-order valence-corrected chi connectivity index (χ0v) is 21.7. The van der Waals surface area contributed by atoms with Crippen molar-refractivity contribution < 1.29 is 14.3 Å². The molecule has 3 aromatic rings. The SMILES string of the molecule is Cc1nc2sc(C(=O)NC3CCc4nc(N5CC(N)C6(C5)OCC(C)(C)O6)ccc4C3)c(N)c2s1. The first-order chi connectivity index (χ1) is 16.6. The number of thiazole rings is 1. The molecule has 1 aliphatic carbocycles. The Morgan fingerprint density at radius 1 is 1.29 bits per heavy atom. The van der Waals surface area contributed by atoms with Crippen LogP contribution in [0.3, 0.4) is 0 Å². The number of anilines is 2. The number of aryl methyl sites for hydroxylation is 2. The summed E-state index contributed by atoms with van der Waals surface area (Å²) in [4.78, 5) is 25.9. The quantitative estimate of drug-likeness (QED) is 0.487. The molecule has 3 aliphatic rings. The zero-order chi connectivity index (χ0) is 24.5. The van der Waals surface area contributed by atoms with Gasteiger partial charge in [-0.25, -0.2) is 9.97 Å². The molecule has 3 atom stereocenters. The van der Waals surface area contributed by atoms with Crippen molar-refractivity contribution in [2.75, 3.05) is 30.3 Å². The van der Waals surface area contributed by atoms with Gasteiger partial charge in [-0.15, -0.1) is 22.7 Å². The molecular formula is C24H30N6O3S2. The van der Waals surface area contributed by atoms with Gasteiger partial charge in [-0.1, -0.05) is 6.07 Å². The van der Waals surface area contributed by atoms with E-state index in [4.69, 9.17) is 25.9 Å². The third kappa shape index (κ3) is 3.99. The van der Waals surface area contributed by atoms with E-state index in [0.29, 0.717) is 30.3 Å². The molecule has 2 fully saturated rings. The van der Waals surface area contributed by atoms with Crippen molar-refractivity contribution in [1.29, 1.82) is 0 Å². The van der Waals surface area contributed by atoms with E-state index < -0.39 is 5.79 Å². The van der Waals surface area contributed by atoms with Gasteiger partial charge >= 0.3 is 0 Å². The molecule has 0 aromatic carbocycles. The van der Waals surface area contributed by atoms with E-state index in [0.717, 1.165) is 50.9 Å². The summed E-state index contributed by atoms with van der Waals surface area (Å²) < 4.78 is 13.2. The Labute approximate surface area is 211 Å². The zero-order valence-electron chi connectivity index (χ0n) is 20.1. The minimum atomic E-state index is -0.775. The molecule has 35 heavy (non-hydrogen) atoms. The first kappa shape index (κ1) is 23.1. The fraction of sp³-hybridized carbons (Fsp3) is 0.542. The van der Waals surface area contributed by atoms with Crippen LogP contribution in [0.2, 0.25) is 0 Å². The van der Waals surface area contributed by atoms with Gasteiger partial charge in [0.2, 0.25) is 5.79 Å². The number of fused-ring (bicyclic) bond motifs is 2. The van der Waals surface area contributed by atoms with Crippen LogP contribution in [0.5, 0.6) is 0 Å². The lowest BCUT2D eigenvalue weighted by atomic mass is 9.91. The molecule has 5 N–H and O–H groups in total. The Kier molecular flexibility index (Phi) is 5.35. The second kappa shape index (κ2) is 8.10. The first-order valence-electron chi connectivity index (χ1n) is 11.9. The fourth-order valence-electron chi connectivity index (χ4n) is 5.30. The topological polar surface area (TPSA) is 129 Å². The molecule has 3 aromatic heterocycles. The van der Waals surface area contributed by atoms with Crippen molar-refractivity contribution in [3.63, 3.8) is 0 Å². The second-order valence-corrected chi connectivity index (χ2v) is 12.6. The van der Waals surface area contributed by atoms with Crippen molar-refractivity contribution in [3.8, 4) is 0 Å². The van der Waals surface area contributed by atoms with Crippen molar-refractivity contribution >= 4 is 49.6 Å². The molecule has 186 valence electrons. The monoisotopic (exact) mass is 514 g/mol. The molecule has 9 nitrogen and oxygen atoms in total. The number of thiophene rings is 1. The maximum atomic E-state index is 13.0. The van der Waals surface area contributed by atoms with E-state index >= 15 is 0 Å². The van der Waals surface area contributed by atoms with Crippen LogP contribution < -0.4 is 21.7 Å². The maximum absolute atomic E-state index is 13.0. The number of nitrogens with one attached hydrogen (secondary N) is 1. The molecule has 0 saturated carbocycles. The Morgan fingerprint density at radius 2 is 2.11 bits per heavy atom. The van der Waals surface area contributed by atoms with Crippen molar-refractivity contribution in [1.82, 2.24) is 15.3 Å². The molecule has 0 radical (unpaired) electrons. The molecule has 2 aliphatic heterocycles. The maximum Gasteiger partial charge on any atom is 0.263 e. The number of nitrogens with two attached hydrogens (primary N) is 2. The standard InChI is InChI=1S/C24H30N6O3S2/c1-12-27-22-20(34-12)18(26)19(35-22)21(31)28-14-5-6-15-13(8-14)4-7-17(29-15)30-9-16(25)24(10-30)32-11-23(2,3)33-24/h4,7,14,16H,5-6,8-11,25-26H2,1-3H3,(H,28,31). The van der Waals surface area contributed by atoms with Crippen LogP contribution in [0.4, 0.5) is 11.5 Å². The number of ether oxygens (including phenoxy) is 2. The lowest BCUT2D eigenvalue weighted by molar-refractivity contribution is -0.173. The number of nitrogens with zero attached hydrogens (tertiary/aromatic N) is 3. The summed E-state index contributed by atoms with van der Waals surface area (Å²) in [6, 6.07) is 3.96. The van der Waals surface area contributed by atoms with Crippen LogP contribution in [0.15, 0.2) is 12.1 Å². The van der Waals surface area contributed by atoms with E-state index in [1.807, 2.05) is 26.8 Å². The van der Waals surface area contributed by atoms with E-state index in [9.17, 15) is 4.79 Å². The number of hydrogen-bond acceptors (Lipinski definition) is 10. The summed E-state index contributed by atoms with van der Waals surface area (Å²) in [5, 5.41) is 4.14. The molecular weight excluding hydrogens is 484 g/mol. The van der Waals surface area contributed by atoms with Gasteiger partial charge in [0.05, 0.1) is 40.2 Å². The van der Waals surface area contributed by atoms with E-state index in [2.05, 4.69) is 21.3 Å². The highest BCUT2D eigenvalue weighted by atomic mass is 32.1. The van der Waals surface area contributed by atoms with Gasteiger partial charge in [0.15, 0.2) is 0 Å². The van der Waals surface area contributed by atoms with Gasteiger partial charge in [-0.05, 0) is 51.7 Å². The number of carbonyl (C=O) groups is 1. The van der Waals surface area contributed by atoms with Gasteiger partial charge in [-0.3, -0.25) is 4.79 Å². The van der Waals surface area contributed by atoms with Gasteiger partial charge in [0.1, 0.15) is 15.5 Å². The molecule has 3 unspecified atom stereocenters. The lowest BCUT2D eigenvalue weighted by Crippen LogP contribution is -2.49. The summed E-state index contributed by atoms with van der Waals surface area (Å²) in [6.45, 7) is 7.73. The molecule has 1 amide bonds. The number of carbonyl (C=O) groups excluding carboxylic acids is 1. The number of hydrogen-bond donors (Lipinski definition) is 3. The number of nitrogen functional groups attached to an aromatic ring is 1. The van der Waals surface area contributed by atoms with Crippen LogP contribution in [0.25, 0.3) is 9.53 Å². The Hall–Kier alpha value is -2.31. The highest BCUT2D eigenvalue weighted by Gasteiger charge is 2.55. The minimum Gasteiger partial charge on any atom is -0.396 e. The lowest BCUT2D eigenvalue weighted by Gasteiger charge is -2.28. The van der Waals surface area contributed by atoms with Gasteiger partial charge in [0, 0.05) is 18.3 Å². The van der Waals surface area contributed by atoms with Gasteiger partial charge < -0.3 is 31.2 Å². The first-order valence-corrected chi connectivity index (χ1v) is 13.6. The predicted molar refractivity (Wildman–Crippen MR) is 138 cm³/mol. The van der Waals surface area contributed by atoms with Gasteiger partial charge in [-0.2, -0.15) is 0 Å². The fourth-order valence-corrected chi connectivity index (χ4v) is 7.39. The molecule has 6 rings (SSSR count). The third-order valence-electron chi connectivity index (χ3n) is 7.01. The molecule has 11 heteroatoms. The Balaban J connectivity index is 1.13. The van der Waals surface area contributed by atoms with Crippen LogP contribution in [0, 0.1) is 6.92 Å². The average Bonchev–Trinajstić information content (AvgIpc) is 3.51. The minimum absolute atomic E-state index is 0.0443. The summed E-state index contributed by atoms with van der Waals surface area (Å²) >= 11 is 2.89. The molecule has 1 spiro atoms. The van der Waals surface area contributed by atoms with Crippen LogP contribution >= 0.6 is 22.7 Å². The van der Waals surface area contributed by atoms with Crippen LogP contribution in [0.1, 0.15) is 46.2 Å². The predicted octanol–water partition coefficient (Wildman–Crippen LogP) is 2.60.